The molecule has 2 unspecified atom stereocenters. The van der Waals surface area contributed by atoms with Crippen molar-refractivity contribution >= 4 is 23.5 Å². The topological polar surface area (TPSA) is 88.2 Å². The highest BCUT2D eigenvalue weighted by Crippen LogP contribution is 2.21. The fourth-order valence-electron chi connectivity index (χ4n) is 4.07. The molecule has 1 saturated heterocycles. The van der Waals surface area contributed by atoms with Crippen molar-refractivity contribution in [3.05, 3.63) is 65.2 Å². The van der Waals surface area contributed by atoms with E-state index in [1.54, 1.807) is 24.3 Å². The van der Waals surface area contributed by atoms with Gasteiger partial charge in [0.25, 0.3) is 0 Å². The van der Waals surface area contributed by atoms with Gasteiger partial charge in [-0.2, -0.15) is 0 Å². The molecular weight excluding hydrogens is 422 g/mol. The maximum Gasteiger partial charge on any atom is 0.337 e. The predicted molar refractivity (Wildman–Crippen MR) is 125 cm³/mol. The SMILES string of the molecule is COC(=O)c1ccc(CNC(=O)C(C)N2CCN(c3ccc(C(=O)OC)cc3)CC2C)cc1. The molecule has 2 aromatic carbocycles. The summed E-state index contributed by atoms with van der Waals surface area (Å²) in [6.07, 6.45) is 0. The molecule has 8 heteroatoms. The summed E-state index contributed by atoms with van der Waals surface area (Å²) in [5, 5.41) is 2.99. The summed E-state index contributed by atoms with van der Waals surface area (Å²) >= 11 is 0. The Labute approximate surface area is 194 Å². The average Bonchev–Trinajstić information content (AvgIpc) is 2.86. The Bertz CT molecular complexity index is 975. The Balaban J connectivity index is 1.52. The van der Waals surface area contributed by atoms with E-state index in [9.17, 15) is 14.4 Å². The van der Waals surface area contributed by atoms with Crippen molar-refractivity contribution in [3.8, 4) is 0 Å². The summed E-state index contributed by atoms with van der Waals surface area (Å²) < 4.78 is 9.46. The molecule has 176 valence electrons. The molecule has 1 fully saturated rings. The minimum atomic E-state index is -0.383. The largest absolute Gasteiger partial charge is 0.465 e. The van der Waals surface area contributed by atoms with Gasteiger partial charge in [0.2, 0.25) is 5.91 Å². The number of rotatable bonds is 7. The summed E-state index contributed by atoms with van der Waals surface area (Å²) in [6.45, 7) is 6.75. The number of esters is 2. The van der Waals surface area contributed by atoms with Crippen LogP contribution < -0.4 is 10.2 Å². The van der Waals surface area contributed by atoms with Crippen LogP contribution in [0.5, 0.6) is 0 Å². The molecule has 0 radical (unpaired) electrons. The Morgan fingerprint density at radius 2 is 1.48 bits per heavy atom. The first kappa shape index (κ1) is 24.3. The standard InChI is InChI=1S/C25H31N3O5/c1-17-16-27(22-11-9-21(10-12-22)25(31)33-4)13-14-28(17)18(2)23(29)26-15-19-5-7-20(8-6-19)24(30)32-3/h5-12,17-18H,13-16H2,1-4H3,(H,26,29). The number of amides is 1. The Morgan fingerprint density at radius 1 is 0.939 bits per heavy atom. The molecular formula is C25H31N3O5. The van der Waals surface area contributed by atoms with Crippen LogP contribution >= 0.6 is 0 Å². The second-order valence-corrected chi connectivity index (χ2v) is 8.15. The monoisotopic (exact) mass is 453 g/mol. The fraction of sp³-hybridized carbons (Fsp3) is 0.400. The molecule has 2 aromatic rings. The number of benzene rings is 2. The smallest absolute Gasteiger partial charge is 0.337 e. The molecule has 33 heavy (non-hydrogen) atoms. The minimum Gasteiger partial charge on any atom is -0.465 e. The van der Waals surface area contributed by atoms with E-state index in [0.29, 0.717) is 17.7 Å². The molecule has 0 aliphatic carbocycles. The average molecular weight is 454 g/mol. The number of piperazine rings is 1. The number of hydrogen-bond acceptors (Lipinski definition) is 7. The van der Waals surface area contributed by atoms with Gasteiger partial charge in [0, 0.05) is 37.9 Å². The summed E-state index contributed by atoms with van der Waals surface area (Å²) in [4.78, 5) is 40.4. The van der Waals surface area contributed by atoms with Crippen molar-refractivity contribution in [2.75, 3.05) is 38.8 Å². The summed E-state index contributed by atoms with van der Waals surface area (Å²) in [5.41, 5.74) is 2.96. The van der Waals surface area contributed by atoms with Crippen LogP contribution in [0.15, 0.2) is 48.5 Å². The maximum atomic E-state index is 12.8. The lowest BCUT2D eigenvalue weighted by Gasteiger charge is -2.43. The van der Waals surface area contributed by atoms with E-state index < -0.39 is 0 Å². The first-order valence-electron chi connectivity index (χ1n) is 11.0. The van der Waals surface area contributed by atoms with Gasteiger partial charge in [-0.25, -0.2) is 9.59 Å². The number of nitrogens with zero attached hydrogens (tertiary/aromatic N) is 2. The third-order valence-electron chi connectivity index (χ3n) is 6.05. The molecule has 1 aliphatic heterocycles. The lowest BCUT2D eigenvalue weighted by Crippen LogP contribution is -2.58. The third-order valence-corrected chi connectivity index (χ3v) is 6.05. The van der Waals surface area contributed by atoms with Crippen LogP contribution in [0.25, 0.3) is 0 Å². The van der Waals surface area contributed by atoms with Gasteiger partial charge in [-0.05, 0) is 55.8 Å². The highest BCUT2D eigenvalue weighted by molar-refractivity contribution is 5.90. The number of methoxy groups -OCH3 is 2. The van der Waals surface area contributed by atoms with Crippen LogP contribution in [0.4, 0.5) is 5.69 Å². The van der Waals surface area contributed by atoms with Crippen molar-refractivity contribution in [3.63, 3.8) is 0 Å². The van der Waals surface area contributed by atoms with Crippen molar-refractivity contribution in [2.24, 2.45) is 0 Å². The van der Waals surface area contributed by atoms with Crippen molar-refractivity contribution in [1.82, 2.24) is 10.2 Å². The van der Waals surface area contributed by atoms with Crippen LogP contribution in [0.2, 0.25) is 0 Å². The number of hydrogen-bond donors (Lipinski definition) is 1. The first-order valence-corrected chi connectivity index (χ1v) is 11.0. The van der Waals surface area contributed by atoms with Gasteiger partial charge in [0.1, 0.15) is 0 Å². The number of anilines is 1. The normalized spacial score (nSPS) is 17.2. The quantitative estimate of drug-likeness (QED) is 0.645. The van der Waals surface area contributed by atoms with Crippen LogP contribution in [-0.2, 0) is 20.8 Å². The van der Waals surface area contributed by atoms with Gasteiger partial charge in [0.05, 0.1) is 31.4 Å². The molecule has 0 bridgehead atoms. The molecule has 3 rings (SSSR count). The molecule has 0 spiro atoms. The van der Waals surface area contributed by atoms with Gasteiger partial charge >= 0.3 is 11.9 Å². The van der Waals surface area contributed by atoms with Crippen LogP contribution in [-0.4, -0.2) is 68.7 Å². The van der Waals surface area contributed by atoms with E-state index in [4.69, 9.17) is 9.47 Å². The van der Waals surface area contributed by atoms with E-state index in [1.165, 1.54) is 14.2 Å². The first-order chi connectivity index (χ1) is 15.8. The van der Waals surface area contributed by atoms with Crippen molar-refractivity contribution < 1.29 is 23.9 Å². The fourth-order valence-corrected chi connectivity index (χ4v) is 4.07. The molecule has 0 saturated carbocycles. The summed E-state index contributed by atoms with van der Waals surface area (Å²) in [5.74, 6) is -0.763. The van der Waals surface area contributed by atoms with E-state index >= 15 is 0 Å². The lowest BCUT2D eigenvalue weighted by atomic mass is 10.1. The zero-order valence-corrected chi connectivity index (χ0v) is 19.5. The zero-order chi connectivity index (χ0) is 24.0. The van der Waals surface area contributed by atoms with Crippen LogP contribution in [0.1, 0.15) is 40.1 Å². The van der Waals surface area contributed by atoms with Crippen LogP contribution in [0, 0.1) is 0 Å². The molecule has 1 N–H and O–H groups in total. The van der Waals surface area contributed by atoms with Gasteiger partial charge < -0.3 is 19.7 Å². The van der Waals surface area contributed by atoms with E-state index in [1.807, 2.05) is 31.2 Å². The van der Waals surface area contributed by atoms with Crippen molar-refractivity contribution in [1.29, 1.82) is 0 Å². The predicted octanol–water partition coefficient (Wildman–Crippen LogP) is 2.48. The van der Waals surface area contributed by atoms with Gasteiger partial charge in [-0.15, -0.1) is 0 Å². The van der Waals surface area contributed by atoms with Gasteiger partial charge in [0.15, 0.2) is 0 Å². The molecule has 1 amide bonds. The van der Waals surface area contributed by atoms with E-state index in [2.05, 4.69) is 22.0 Å². The lowest BCUT2D eigenvalue weighted by molar-refractivity contribution is -0.127. The summed E-state index contributed by atoms with van der Waals surface area (Å²) in [7, 11) is 2.72. The number of ether oxygens (including phenoxy) is 2. The molecule has 1 heterocycles. The molecule has 2 atom stereocenters. The second-order valence-electron chi connectivity index (χ2n) is 8.15. The minimum absolute atomic E-state index is 0.0326. The highest BCUT2D eigenvalue weighted by Gasteiger charge is 2.30. The maximum absolute atomic E-state index is 12.8. The third kappa shape index (κ3) is 5.90. The van der Waals surface area contributed by atoms with Crippen LogP contribution in [0.3, 0.4) is 0 Å². The van der Waals surface area contributed by atoms with Gasteiger partial charge in [-0.1, -0.05) is 12.1 Å². The summed E-state index contributed by atoms with van der Waals surface area (Å²) in [6, 6.07) is 14.3. The second kappa shape index (κ2) is 11.0. The number of carbonyl (C=O) groups is 3. The highest BCUT2D eigenvalue weighted by atomic mass is 16.5. The Morgan fingerprint density at radius 3 is 2.00 bits per heavy atom. The molecule has 0 aromatic heterocycles. The van der Waals surface area contributed by atoms with E-state index in [-0.39, 0.29) is 29.9 Å². The van der Waals surface area contributed by atoms with E-state index in [0.717, 1.165) is 30.9 Å². The Hall–Kier alpha value is -3.39. The number of nitrogens with one attached hydrogen (secondary N) is 1. The number of carbonyl (C=O) groups excluding carboxylic acids is 3. The zero-order valence-electron chi connectivity index (χ0n) is 19.5. The van der Waals surface area contributed by atoms with Crippen molar-refractivity contribution in [2.45, 2.75) is 32.5 Å². The molecule has 1 aliphatic rings. The molecule has 8 nitrogen and oxygen atoms in total. The van der Waals surface area contributed by atoms with Gasteiger partial charge in [-0.3, -0.25) is 9.69 Å². The Kier molecular flexibility index (Phi) is 8.06.